The van der Waals surface area contributed by atoms with E-state index >= 15 is 0 Å². The van der Waals surface area contributed by atoms with E-state index in [1.807, 2.05) is 6.92 Å². The van der Waals surface area contributed by atoms with Gasteiger partial charge in [-0.1, -0.05) is 11.6 Å². The molecular formula is C13H18N2O3. The second-order valence-corrected chi connectivity index (χ2v) is 4.11. The summed E-state index contributed by atoms with van der Waals surface area (Å²) in [5, 5.41) is 14.7. The Morgan fingerprint density at radius 1 is 1.39 bits per heavy atom. The van der Waals surface area contributed by atoms with E-state index in [0.29, 0.717) is 6.54 Å². The highest BCUT2D eigenvalue weighted by Gasteiger charge is 2.17. The van der Waals surface area contributed by atoms with Gasteiger partial charge in [0.15, 0.2) is 0 Å². The molecule has 0 radical (unpaired) electrons. The number of carbonyl (C=O) groups excluding carboxylic acids is 2. The van der Waals surface area contributed by atoms with Crippen LogP contribution in [0.1, 0.15) is 29.8 Å². The molecule has 0 fully saturated rings. The lowest BCUT2D eigenvalue weighted by molar-refractivity contribution is -0.122. The van der Waals surface area contributed by atoms with Crippen molar-refractivity contribution in [2.24, 2.45) is 0 Å². The van der Waals surface area contributed by atoms with Crippen molar-refractivity contribution < 1.29 is 14.7 Å². The number of nitrogens with one attached hydrogen (secondary N) is 2. The lowest BCUT2D eigenvalue weighted by Gasteiger charge is -2.14. The highest BCUT2D eigenvalue weighted by Crippen LogP contribution is 2.17. The first-order valence-electron chi connectivity index (χ1n) is 5.84. The Kier molecular flexibility index (Phi) is 4.71. The Morgan fingerprint density at radius 2 is 2.06 bits per heavy atom. The quantitative estimate of drug-likeness (QED) is 0.744. The van der Waals surface area contributed by atoms with E-state index < -0.39 is 11.9 Å². The molecule has 0 aromatic heterocycles. The highest BCUT2D eigenvalue weighted by atomic mass is 16.3. The molecule has 5 heteroatoms. The number of phenolic OH excluding ortho intramolecular Hbond substituents is 1. The van der Waals surface area contributed by atoms with Gasteiger partial charge in [-0.2, -0.15) is 0 Å². The molecular weight excluding hydrogens is 232 g/mol. The minimum Gasteiger partial charge on any atom is -0.507 e. The maximum absolute atomic E-state index is 11.9. The summed E-state index contributed by atoms with van der Waals surface area (Å²) < 4.78 is 0. The number of phenols is 1. The van der Waals surface area contributed by atoms with Crippen LogP contribution in [0.15, 0.2) is 18.2 Å². The average Bonchev–Trinajstić information content (AvgIpc) is 2.32. The molecule has 3 N–H and O–H groups in total. The predicted octanol–water partition coefficient (Wildman–Crippen LogP) is 0.955. The first kappa shape index (κ1) is 14.0. The Balaban J connectivity index is 2.76. The molecule has 0 aliphatic carbocycles. The molecule has 0 saturated heterocycles. The molecule has 2 amide bonds. The summed E-state index contributed by atoms with van der Waals surface area (Å²) in [5.74, 6) is -0.811. The number of hydrogen-bond donors (Lipinski definition) is 3. The van der Waals surface area contributed by atoms with Gasteiger partial charge in [0.2, 0.25) is 5.91 Å². The molecule has 0 aliphatic heterocycles. The lowest BCUT2D eigenvalue weighted by atomic mass is 10.1. The summed E-state index contributed by atoms with van der Waals surface area (Å²) in [6.45, 7) is 5.73. The Morgan fingerprint density at radius 3 is 2.67 bits per heavy atom. The highest BCUT2D eigenvalue weighted by molar-refractivity contribution is 5.99. The summed E-state index contributed by atoms with van der Waals surface area (Å²) in [6, 6.07) is 4.10. The molecule has 1 atom stereocenters. The van der Waals surface area contributed by atoms with Crippen molar-refractivity contribution in [3.63, 3.8) is 0 Å². The molecule has 98 valence electrons. The molecule has 1 aromatic rings. The molecule has 0 saturated carbocycles. The van der Waals surface area contributed by atoms with Crippen molar-refractivity contribution in [1.29, 1.82) is 0 Å². The fourth-order valence-corrected chi connectivity index (χ4v) is 1.50. The SMILES string of the molecule is CCNC(=O)[C@@H](C)NC(=O)c1cc(C)ccc1O. The van der Waals surface area contributed by atoms with Gasteiger partial charge in [-0.25, -0.2) is 0 Å². The average molecular weight is 250 g/mol. The fraction of sp³-hybridized carbons (Fsp3) is 0.385. The molecule has 0 heterocycles. The van der Waals surface area contributed by atoms with E-state index in [1.165, 1.54) is 6.07 Å². The van der Waals surface area contributed by atoms with Crippen LogP contribution in [0.5, 0.6) is 5.75 Å². The normalized spacial score (nSPS) is 11.7. The summed E-state index contributed by atoms with van der Waals surface area (Å²) in [4.78, 5) is 23.4. The first-order chi connectivity index (χ1) is 8.45. The molecule has 0 spiro atoms. The van der Waals surface area contributed by atoms with Crippen LogP contribution in [0.4, 0.5) is 0 Å². The maximum atomic E-state index is 11.9. The van der Waals surface area contributed by atoms with E-state index in [4.69, 9.17) is 0 Å². The van der Waals surface area contributed by atoms with E-state index in [1.54, 1.807) is 26.0 Å². The van der Waals surface area contributed by atoms with Gasteiger partial charge in [0.05, 0.1) is 5.56 Å². The minimum absolute atomic E-state index is 0.0961. The van der Waals surface area contributed by atoms with Crippen molar-refractivity contribution in [3.05, 3.63) is 29.3 Å². The number of rotatable bonds is 4. The van der Waals surface area contributed by atoms with Crippen molar-refractivity contribution >= 4 is 11.8 Å². The van der Waals surface area contributed by atoms with Gasteiger partial charge in [0.1, 0.15) is 11.8 Å². The third-order valence-electron chi connectivity index (χ3n) is 2.49. The van der Waals surface area contributed by atoms with Gasteiger partial charge >= 0.3 is 0 Å². The largest absolute Gasteiger partial charge is 0.507 e. The van der Waals surface area contributed by atoms with Crippen LogP contribution in [-0.4, -0.2) is 29.5 Å². The zero-order valence-corrected chi connectivity index (χ0v) is 10.8. The van der Waals surface area contributed by atoms with Crippen LogP contribution in [0.25, 0.3) is 0 Å². The standard InChI is InChI=1S/C13H18N2O3/c1-4-14-12(17)9(3)15-13(18)10-7-8(2)5-6-11(10)16/h5-7,9,16H,4H2,1-3H3,(H,14,17)(H,15,18)/t9-/m1/s1. The van der Waals surface area contributed by atoms with E-state index in [2.05, 4.69) is 10.6 Å². The Bertz CT molecular complexity index is 458. The van der Waals surface area contributed by atoms with Crippen LogP contribution < -0.4 is 10.6 Å². The minimum atomic E-state index is -0.641. The van der Waals surface area contributed by atoms with E-state index in [-0.39, 0.29) is 17.2 Å². The summed E-state index contributed by atoms with van der Waals surface area (Å²) >= 11 is 0. The van der Waals surface area contributed by atoms with Crippen molar-refractivity contribution in [2.75, 3.05) is 6.54 Å². The van der Waals surface area contributed by atoms with Gasteiger partial charge < -0.3 is 15.7 Å². The summed E-state index contributed by atoms with van der Waals surface area (Å²) in [6.07, 6.45) is 0. The molecule has 0 aliphatic rings. The number of aromatic hydroxyl groups is 1. The third kappa shape index (κ3) is 3.48. The second kappa shape index (κ2) is 6.05. The molecule has 0 bridgehead atoms. The number of hydrogen-bond acceptors (Lipinski definition) is 3. The third-order valence-corrected chi connectivity index (χ3v) is 2.49. The maximum Gasteiger partial charge on any atom is 0.255 e. The number of amides is 2. The predicted molar refractivity (Wildman–Crippen MR) is 68.5 cm³/mol. The fourth-order valence-electron chi connectivity index (χ4n) is 1.50. The lowest BCUT2D eigenvalue weighted by Crippen LogP contribution is -2.44. The molecule has 18 heavy (non-hydrogen) atoms. The van der Waals surface area contributed by atoms with Gasteiger partial charge in [-0.05, 0) is 32.9 Å². The summed E-state index contributed by atoms with van der Waals surface area (Å²) in [7, 11) is 0. The number of benzene rings is 1. The van der Waals surface area contributed by atoms with Gasteiger partial charge in [-0.3, -0.25) is 9.59 Å². The summed E-state index contributed by atoms with van der Waals surface area (Å²) in [5.41, 5.74) is 1.04. The van der Waals surface area contributed by atoms with Crippen LogP contribution in [-0.2, 0) is 4.79 Å². The van der Waals surface area contributed by atoms with Crippen LogP contribution >= 0.6 is 0 Å². The van der Waals surface area contributed by atoms with Gasteiger partial charge in [0.25, 0.3) is 5.91 Å². The van der Waals surface area contributed by atoms with Crippen LogP contribution in [0.3, 0.4) is 0 Å². The molecule has 5 nitrogen and oxygen atoms in total. The van der Waals surface area contributed by atoms with Crippen LogP contribution in [0, 0.1) is 6.92 Å². The van der Waals surface area contributed by atoms with Crippen molar-refractivity contribution in [1.82, 2.24) is 10.6 Å². The van der Waals surface area contributed by atoms with E-state index in [0.717, 1.165) is 5.56 Å². The molecule has 1 rings (SSSR count). The van der Waals surface area contributed by atoms with Gasteiger partial charge in [0, 0.05) is 6.54 Å². The van der Waals surface area contributed by atoms with E-state index in [9.17, 15) is 14.7 Å². The van der Waals surface area contributed by atoms with Gasteiger partial charge in [-0.15, -0.1) is 0 Å². The molecule has 0 unspecified atom stereocenters. The monoisotopic (exact) mass is 250 g/mol. The topological polar surface area (TPSA) is 78.4 Å². The smallest absolute Gasteiger partial charge is 0.255 e. The first-order valence-corrected chi connectivity index (χ1v) is 5.84. The number of carbonyl (C=O) groups is 2. The Hall–Kier alpha value is -2.04. The second-order valence-electron chi connectivity index (χ2n) is 4.11. The molecule has 1 aromatic carbocycles. The zero-order chi connectivity index (χ0) is 13.7. The number of likely N-dealkylation sites (N-methyl/N-ethyl adjacent to an activating group) is 1. The number of aryl methyl sites for hydroxylation is 1. The van der Waals surface area contributed by atoms with Crippen LogP contribution in [0.2, 0.25) is 0 Å². The Labute approximate surface area is 106 Å². The van der Waals surface area contributed by atoms with Crippen molar-refractivity contribution in [3.8, 4) is 5.75 Å². The zero-order valence-electron chi connectivity index (χ0n) is 10.8. The van der Waals surface area contributed by atoms with Crippen molar-refractivity contribution in [2.45, 2.75) is 26.8 Å².